The van der Waals surface area contributed by atoms with Crippen LogP contribution in [-0.4, -0.2) is 14.5 Å². The number of fused-ring (bicyclic) bond motifs is 6. The van der Waals surface area contributed by atoms with Crippen molar-refractivity contribution in [3.05, 3.63) is 176 Å². The molecule has 0 fully saturated rings. The molecule has 3 heterocycles. The van der Waals surface area contributed by atoms with Gasteiger partial charge in [-0.15, -0.1) is 0 Å². The highest BCUT2D eigenvalue weighted by atomic mass is 16.3. The molecule has 0 N–H and O–H groups in total. The van der Waals surface area contributed by atoms with Gasteiger partial charge in [0, 0.05) is 43.8 Å². The molecule has 0 spiro atoms. The fourth-order valence-corrected chi connectivity index (χ4v) is 7.41. The van der Waals surface area contributed by atoms with E-state index in [1.807, 2.05) is 30.3 Å². The van der Waals surface area contributed by atoms with E-state index in [1.54, 1.807) is 0 Å². The van der Waals surface area contributed by atoms with E-state index in [9.17, 15) is 0 Å². The normalized spacial score (nSPS) is 11.6. The van der Waals surface area contributed by atoms with Gasteiger partial charge in [-0.3, -0.25) is 0 Å². The summed E-state index contributed by atoms with van der Waals surface area (Å²) in [5.41, 5.74) is 11.9. The SMILES string of the molecule is c1ccc(-c2nc(-c3ccccc3-c3cccc4c3oc3ccccc34)cc(-c3ccccc3-n3c4ccccc4c4ccccc43)n2)cc1. The molecule has 0 aliphatic carbocycles. The number of nitrogens with zero attached hydrogens (tertiary/aromatic N) is 3. The molecule has 0 amide bonds. The predicted molar refractivity (Wildman–Crippen MR) is 205 cm³/mol. The third-order valence-corrected chi connectivity index (χ3v) is 9.66. The van der Waals surface area contributed by atoms with Crippen molar-refractivity contribution in [1.82, 2.24) is 14.5 Å². The maximum atomic E-state index is 6.51. The third kappa shape index (κ3) is 4.46. The van der Waals surface area contributed by atoms with Crippen molar-refractivity contribution in [2.75, 3.05) is 0 Å². The van der Waals surface area contributed by atoms with Gasteiger partial charge < -0.3 is 8.98 Å². The molecular weight excluding hydrogens is 611 g/mol. The Labute approximate surface area is 288 Å². The average molecular weight is 640 g/mol. The lowest BCUT2D eigenvalue weighted by Gasteiger charge is -2.16. The van der Waals surface area contributed by atoms with Gasteiger partial charge >= 0.3 is 0 Å². The topological polar surface area (TPSA) is 43.9 Å². The monoisotopic (exact) mass is 639 g/mol. The molecular formula is C46H29N3O. The molecule has 234 valence electrons. The standard InChI is InChI=1S/C46H29N3O/c1-2-15-30(16-3-1)46-47-39(32-18-5-4-17-31(32)36-23-14-24-37-35-21-9-13-28-44(35)50-45(36)37)29-40(48-46)38-22-8-12-27-43(38)49-41-25-10-6-19-33(41)34-20-7-11-26-42(34)49/h1-29H. The Hall–Kier alpha value is -6.78. The van der Waals surface area contributed by atoms with Gasteiger partial charge in [0.05, 0.1) is 28.1 Å². The van der Waals surface area contributed by atoms with Crippen LogP contribution in [0.25, 0.3) is 94.5 Å². The van der Waals surface area contributed by atoms with Gasteiger partial charge in [0.1, 0.15) is 11.2 Å². The van der Waals surface area contributed by atoms with Crippen LogP contribution in [0.5, 0.6) is 0 Å². The van der Waals surface area contributed by atoms with E-state index in [0.717, 1.165) is 77.9 Å². The maximum absolute atomic E-state index is 6.51. The van der Waals surface area contributed by atoms with Crippen molar-refractivity contribution >= 4 is 43.7 Å². The first-order valence-corrected chi connectivity index (χ1v) is 16.8. The summed E-state index contributed by atoms with van der Waals surface area (Å²) in [5, 5.41) is 4.65. The summed E-state index contributed by atoms with van der Waals surface area (Å²) in [7, 11) is 0. The van der Waals surface area contributed by atoms with Gasteiger partial charge in [-0.2, -0.15) is 0 Å². The number of benzene rings is 7. The molecule has 0 unspecified atom stereocenters. The molecule has 0 aliphatic rings. The molecule has 4 nitrogen and oxygen atoms in total. The lowest BCUT2D eigenvalue weighted by molar-refractivity contribution is 0.670. The second-order valence-corrected chi connectivity index (χ2v) is 12.5. The first-order valence-electron chi connectivity index (χ1n) is 16.8. The van der Waals surface area contributed by atoms with Gasteiger partial charge in [0.25, 0.3) is 0 Å². The van der Waals surface area contributed by atoms with Gasteiger partial charge in [-0.1, -0.05) is 146 Å². The zero-order chi connectivity index (χ0) is 33.0. The second-order valence-electron chi connectivity index (χ2n) is 12.5. The van der Waals surface area contributed by atoms with Crippen LogP contribution >= 0.6 is 0 Å². The molecule has 7 aromatic carbocycles. The van der Waals surface area contributed by atoms with Crippen molar-refractivity contribution in [2.45, 2.75) is 0 Å². The summed E-state index contributed by atoms with van der Waals surface area (Å²) in [6.07, 6.45) is 0. The van der Waals surface area contributed by atoms with E-state index in [-0.39, 0.29) is 0 Å². The first kappa shape index (κ1) is 28.3. The summed E-state index contributed by atoms with van der Waals surface area (Å²) >= 11 is 0. The molecule has 3 aromatic heterocycles. The average Bonchev–Trinajstić information content (AvgIpc) is 3.74. The Bertz CT molecular complexity index is 2830. The fourth-order valence-electron chi connectivity index (χ4n) is 7.41. The number of hydrogen-bond donors (Lipinski definition) is 0. The van der Waals surface area contributed by atoms with E-state index >= 15 is 0 Å². The minimum atomic E-state index is 0.673. The molecule has 10 aromatic rings. The predicted octanol–water partition coefficient (Wildman–Crippen LogP) is 12.1. The Morgan fingerprint density at radius 1 is 0.400 bits per heavy atom. The summed E-state index contributed by atoms with van der Waals surface area (Å²) in [4.78, 5) is 10.5. The van der Waals surface area contributed by atoms with Crippen molar-refractivity contribution in [3.8, 4) is 50.7 Å². The molecule has 0 radical (unpaired) electrons. The van der Waals surface area contributed by atoms with Gasteiger partial charge in [0.2, 0.25) is 0 Å². The van der Waals surface area contributed by atoms with Crippen molar-refractivity contribution < 1.29 is 4.42 Å². The number of aromatic nitrogens is 3. The van der Waals surface area contributed by atoms with Crippen LogP contribution in [0.15, 0.2) is 180 Å². The Kier molecular flexibility index (Phi) is 6.46. The van der Waals surface area contributed by atoms with Crippen LogP contribution in [-0.2, 0) is 0 Å². The molecule has 0 saturated carbocycles. The van der Waals surface area contributed by atoms with Crippen molar-refractivity contribution in [1.29, 1.82) is 0 Å². The first-order chi connectivity index (χ1) is 24.8. The Morgan fingerprint density at radius 2 is 0.940 bits per heavy atom. The zero-order valence-electron chi connectivity index (χ0n) is 27.0. The second kappa shape index (κ2) is 11.4. The summed E-state index contributed by atoms with van der Waals surface area (Å²) in [5.74, 6) is 0.673. The molecule has 4 heteroatoms. The highest BCUT2D eigenvalue weighted by Gasteiger charge is 2.20. The Balaban J connectivity index is 1.23. The van der Waals surface area contributed by atoms with Crippen LogP contribution in [0.1, 0.15) is 0 Å². The zero-order valence-corrected chi connectivity index (χ0v) is 27.0. The van der Waals surface area contributed by atoms with Crippen LogP contribution in [0.2, 0.25) is 0 Å². The summed E-state index contributed by atoms with van der Waals surface area (Å²) in [6.45, 7) is 0. The van der Waals surface area contributed by atoms with E-state index in [4.69, 9.17) is 14.4 Å². The highest BCUT2D eigenvalue weighted by Crippen LogP contribution is 2.41. The minimum absolute atomic E-state index is 0.673. The number of hydrogen-bond acceptors (Lipinski definition) is 3. The molecule has 10 rings (SSSR count). The van der Waals surface area contributed by atoms with Gasteiger partial charge in [-0.05, 0) is 35.9 Å². The molecule has 0 bridgehead atoms. The highest BCUT2D eigenvalue weighted by molar-refractivity contribution is 6.11. The third-order valence-electron chi connectivity index (χ3n) is 9.66. The number of furan rings is 1. The summed E-state index contributed by atoms with van der Waals surface area (Å²) in [6, 6.07) is 61.2. The quantitative estimate of drug-likeness (QED) is 0.188. The lowest BCUT2D eigenvalue weighted by Crippen LogP contribution is -2.01. The lowest BCUT2D eigenvalue weighted by atomic mass is 9.95. The number of para-hydroxylation sites is 5. The molecule has 0 atom stereocenters. The van der Waals surface area contributed by atoms with Crippen LogP contribution in [0, 0.1) is 0 Å². The van der Waals surface area contributed by atoms with Crippen LogP contribution in [0.4, 0.5) is 0 Å². The van der Waals surface area contributed by atoms with Crippen LogP contribution in [0.3, 0.4) is 0 Å². The Morgan fingerprint density at radius 3 is 1.70 bits per heavy atom. The van der Waals surface area contributed by atoms with Crippen LogP contribution < -0.4 is 0 Å². The molecule has 0 saturated heterocycles. The van der Waals surface area contributed by atoms with E-state index in [0.29, 0.717) is 5.82 Å². The number of rotatable bonds is 5. The van der Waals surface area contributed by atoms with Gasteiger partial charge in [-0.25, -0.2) is 9.97 Å². The van der Waals surface area contributed by atoms with E-state index < -0.39 is 0 Å². The largest absolute Gasteiger partial charge is 0.455 e. The van der Waals surface area contributed by atoms with Gasteiger partial charge in [0.15, 0.2) is 5.82 Å². The van der Waals surface area contributed by atoms with Crippen molar-refractivity contribution in [2.24, 2.45) is 0 Å². The smallest absolute Gasteiger partial charge is 0.160 e. The molecule has 0 aliphatic heterocycles. The maximum Gasteiger partial charge on any atom is 0.160 e. The van der Waals surface area contributed by atoms with Crippen molar-refractivity contribution in [3.63, 3.8) is 0 Å². The van der Waals surface area contributed by atoms with E-state index in [2.05, 4.69) is 150 Å². The summed E-state index contributed by atoms with van der Waals surface area (Å²) < 4.78 is 8.87. The minimum Gasteiger partial charge on any atom is -0.455 e. The molecule has 50 heavy (non-hydrogen) atoms. The fraction of sp³-hybridized carbons (Fsp3) is 0. The van der Waals surface area contributed by atoms with E-state index in [1.165, 1.54) is 10.8 Å².